The lowest BCUT2D eigenvalue weighted by Crippen LogP contribution is -2.37. The predicted octanol–water partition coefficient (Wildman–Crippen LogP) is 4.37. The molecule has 1 saturated carbocycles. The lowest BCUT2D eigenvalue weighted by molar-refractivity contribution is -0.137. The highest BCUT2D eigenvalue weighted by Gasteiger charge is 2.32. The molecule has 7 heteroatoms. The van der Waals surface area contributed by atoms with Crippen molar-refractivity contribution >= 4 is 11.6 Å². The van der Waals surface area contributed by atoms with Crippen LogP contribution in [-0.4, -0.2) is 21.3 Å². The number of nitrogens with one attached hydrogen (secondary N) is 1. The molecule has 1 aliphatic rings. The van der Waals surface area contributed by atoms with Gasteiger partial charge in [-0.3, -0.25) is 9.20 Å². The zero-order valence-electron chi connectivity index (χ0n) is 14.2. The second-order valence-corrected chi connectivity index (χ2v) is 6.61. The monoisotopic (exact) mass is 353 g/mol. The Morgan fingerprint density at radius 2 is 2.00 bits per heavy atom. The molecule has 1 amide bonds. The van der Waals surface area contributed by atoms with Crippen LogP contribution >= 0.6 is 0 Å². The molecule has 2 aromatic rings. The zero-order chi connectivity index (χ0) is 18.0. The summed E-state index contributed by atoms with van der Waals surface area (Å²) in [6.45, 7) is 1.95. The first-order valence-corrected chi connectivity index (χ1v) is 8.79. The average molecular weight is 353 g/mol. The number of carbonyl (C=O) groups is 1. The molecule has 25 heavy (non-hydrogen) atoms. The Hall–Kier alpha value is -2.05. The average Bonchev–Trinajstić information content (AvgIpc) is 2.92. The van der Waals surface area contributed by atoms with E-state index in [-0.39, 0.29) is 17.6 Å². The summed E-state index contributed by atoms with van der Waals surface area (Å²) >= 11 is 0. The van der Waals surface area contributed by atoms with E-state index in [1.165, 1.54) is 10.5 Å². The molecule has 1 fully saturated rings. The van der Waals surface area contributed by atoms with E-state index in [1.54, 1.807) is 0 Å². The number of alkyl halides is 3. The maximum atomic E-state index is 13.0. The summed E-state index contributed by atoms with van der Waals surface area (Å²) in [4.78, 5) is 17.2. The van der Waals surface area contributed by atoms with E-state index in [4.69, 9.17) is 0 Å². The second kappa shape index (κ2) is 7.06. The molecule has 3 rings (SSSR count). The van der Waals surface area contributed by atoms with Gasteiger partial charge in [0.2, 0.25) is 0 Å². The first-order valence-electron chi connectivity index (χ1n) is 8.79. The van der Waals surface area contributed by atoms with Crippen molar-refractivity contribution in [1.82, 2.24) is 14.7 Å². The fourth-order valence-corrected chi connectivity index (χ4v) is 3.41. The minimum Gasteiger partial charge on any atom is -0.348 e. The van der Waals surface area contributed by atoms with Crippen molar-refractivity contribution in [3.63, 3.8) is 0 Å². The molecule has 0 bridgehead atoms. The largest absolute Gasteiger partial charge is 0.417 e. The van der Waals surface area contributed by atoms with Crippen molar-refractivity contribution in [3.05, 3.63) is 35.3 Å². The van der Waals surface area contributed by atoms with E-state index in [2.05, 4.69) is 10.3 Å². The van der Waals surface area contributed by atoms with E-state index in [1.807, 2.05) is 6.92 Å². The fourth-order valence-electron chi connectivity index (χ4n) is 3.41. The van der Waals surface area contributed by atoms with Gasteiger partial charge < -0.3 is 5.32 Å². The molecule has 0 radical (unpaired) electrons. The highest BCUT2D eigenvalue weighted by atomic mass is 19.4. The molecule has 0 spiro atoms. The van der Waals surface area contributed by atoms with Gasteiger partial charge in [0.15, 0.2) is 0 Å². The number of pyridine rings is 1. The molecule has 1 N–H and O–H groups in total. The molecule has 136 valence electrons. The van der Waals surface area contributed by atoms with E-state index in [0.29, 0.717) is 17.8 Å². The van der Waals surface area contributed by atoms with Crippen LogP contribution in [0.25, 0.3) is 5.65 Å². The molecule has 2 aromatic heterocycles. The Bertz CT molecular complexity index is 761. The summed E-state index contributed by atoms with van der Waals surface area (Å²) in [5.41, 5.74) is 0.362. The molecular formula is C18H22F3N3O. The number of nitrogens with zero attached hydrogens (tertiary/aromatic N) is 2. The number of imidazole rings is 1. The molecular weight excluding hydrogens is 331 g/mol. The van der Waals surface area contributed by atoms with Gasteiger partial charge in [0.25, 0.3) is 5.91 Å². The van der Waals surface area contributed by atoms with Gasteiger partial charge in [-0.25, -0.2) is 4.98 Å². The molecule has 1 aliphatic carbocycles. The van der Waals surface area contributed by atoms with Crippen LogP contribution in [0.2, 0.25) is 0 Å². The van der Waals surface area contributed by atoms with Gasteiger partial charge in [-0.1, -0.05) is 32.6 Å². The molecule has 0 saturated heterocycles. The molecule has 0 aliphatic heterocycles. The number of rotatable bonds is 4. The predicted molar refractivity (Wildman–Crippen MR) is 88.5 cm³/mol. The van der Waals surface area contributed by atoms with Gasteiger partial charge in [0.1, 0.15) is 11.3 Å². The SMILES string of the molecule is CCCc1nc2ccc(C(F)(F)F)cn2c1C(=O)NC1CCCCC1. The van der Waals surface area contributed by atoms with Gasteiger partial charge in [0.05, 0.1) is 11.3 Å². The minimum atomic E-state index is -4.46. The molecule has 0 atom stereocenters. The maximum absolute atomic E-state index is 13.0. The number of halogens is 3. The Kier molecular flexibility index (Phi) is 5.01. The molecule has 0 unspecified atom stereocenters. The number of carbonyl (C=O) groups excluding carboxylic acids is 1. The topological polar surface area (TPSA) is 46.4 Å². The van der Waals surface area contributed by atoms with Crippen LogP contribution in [0.1, 0.15) is 67.2 Å². The Morgan fingerprint density at radius 3 is 2.64 bits per heavy atom. The van der Waals surface area contributed by atoms with Crippen LogP contribution in [0, 0.1) is 0 Å². The first-order chi connectivity index (χ1) is 11.9. The van der Waals surface area contributed by atoms with Gasteiger partial charge >= 0.3 is 6.18 Å². The molecule has 2 heterocycles. The maximum Gasteiger partial charge on any atom is 0.417 e. The number of hydrogen-bond donors (Lipinski definition) is 1. The number of amides is 1. The third-order valence-corrected chi connectivity index (χ3v) is 4.66. The number of hydrogen-bond acceptors (Lipinski definition) is 2. The lowest BCUT2D eigenvalue weighted by Gasteiger charge is -2.22. The number of fused-ring (bicyclic) bond motifs is 1. The van der Waals surface area contributed by atoms with Crippen molar-refractivity contribution in [2.75, 3.05) is 0 Å². The minimum absolute atomic E-state index is 0.0899. The summed E-state index contributed by atoms with van der Waals surface area (Å²) in [5.74, 6) is -0.331. The third kappa shape index (κ3) is 3.80. The van der Waals surface area contributed by atoms with Crippen molar-refractivity contribution in [1.29, 1.82) is 0 Å². The van der Waals surface area contributed by atoms with E-state index in [0.717, 1.165) is 50.8 Å². The van der Waals surface area contributed by atoms with Gasteiger partial charge in [-0.2, -0.15) is 13.2 Å². The van der Waals surface area contributed by atoms with Crippen LogP contribution in [0.15, 0.2) is 18.3 Å². The summed E-state index contributed by atoms with van der Waals surface area (Å²) in [6.07, 6.45) is 2.96. The van der Waals surface area contributed by atoms with Gasteiger partial charge in [0, 0.05) is 12.2 Å². The quantitative estimate of drug-likeness (QED) is 0.887. The first kappa shape index (κ1) is 17.8. The highest BCUT2D eigenvalue weighted by Crippen LogP contribution is 2.30. The van der Waals surface area contributed by atoms with Crippen LogP contribution in [0.5, 0.6) is 0 Å². The summed E-state index contributed by atoms with van der Waals surface area (Å²) in [6, 6.07) is 2.41. The van der Waals surface area contributed by atoms with Crippen LogP contribution < -0.4 is 5.32 Å². The Labute approximate surface area is 144 Å². The van der Waals surface area contributed by atoms with Crippen molar-refractivity contribution in [2.24, 2.45) is 0 Å². The number of aromatic nitrogens is 2. The van der Waals surface area contributed by atoms with E-state index in [9.17, 15) is 18.0 Å². The Balaban J connectivity index is 2.00. The van der Waals surface area contributed by atoms with Gasteiger partial charge in [-0.05, 0) is 31.4 Å². The smallest absolute Gasteiger partial charge is 0.348 e. The van der Waals surface area contributed by atoms with Crippen LogP contribution in [-0.2, 0) is 12.6 Å². The Morgan fingerprint density at radius 1 is 1.28 bits per heavy atom. The standard InChI is InChI=1S/C18H22F3N3O/c1-2-6-14-16(17(25)22-13-7-4-3-5-8-13)24-11-12(18(19,20)21)9-10-15(24)23-14/h9-11,13H,2-8H2,1H3,(H,22,25). The zero-order valence-corrected chi connectivity index (χ0v) is 14.2. The summed E-state index contributed by atoms with van der Waals surface area (Å²) < 4.78 is 40.4. The fraction of sp³-hybridized carbons (Fsp3) is 0.556. The van der Waals surface area contributed by atoms with Gasteiger partial charge in [-0.15, -0.1) is 0 Å². The van der Waals surface area contributed by atoms with E-state index >= 15 is 0 Å². The van der Waals surface area contributed by atoms with Crippen molar-refractivity contribution in [3.8, 4) is 0 Å². The summed E-state index contributed by atoms with van der Waals surface area (Å²) in [5, 5.41) is 2.99. The second-order valence-electron chi connectivity index (χ2n) is 6.61. The summed E-state index contributed by atoms with van der Waals surface area (Å²) in [7, 11) is 0. The van der Waals surface area contributed by atoms with Crippen molar-refractivity contribution < 1.29 is 18.0 Å². The molecule has 0 aromatic carbocycles. The van der Waals surface area contributed by atoms with Crippen molar-refractivity contribution in [2.45, 2.75) is 64.1 Å². The van der Waals surface area contributed by atoms with Crippen LogP contribution in [0.3, 0.4) is 0 Å². The highest BCUT2D eigenvalue weighted by molar-refractivity contribution is 5.95. The number of aryl methyl sites for hydroxylation is 1. The normalized spacial score (nSPS) is 16.3. The van der Waals surface area contributed by atoms with E-state index < -0.39 is 11.7 Å². The third-order valence-electron chi connectivity index (χ3n) is 4.66. The molecule has 4 nitrogen and oxygen atoms in total. The lowest BCUT2D eigenvalue weighted by atomic mass is 9.95. The van der Waals surface area contributed by atoms with Crippen LogP contribution in [0.4, 0.5) is 13.2 Å².